The third kappa shape index (κ3) is 4.37. The van der Waals surface area contributed by atoms with Crippen molar-refractivity contribution in [2.45, 2.75) is 58.2 Å². The van der Waals surface area contributed by atoms with E-state index in [4.69, 9.17) is 0 Å². The molecule has 1 aromatic rings. The van der Waals surface area contributed by atoms with Crippen LogP contribution in [0, 0.1) is 12.8 Å². The van der Waals surface area contributed by atoms with E-state index in [1.54, 1.807) is 0 Å². The molecule has 0 radical (unpaired) electrons. The van der Waals surface area contributed by atoms with E-state index in [9.17, 15) is 9.59 Å². The van der Waals surface area contributed by atoms with Gasteiger partial charge in [-0.2, -0.15) is 0 Å². The molecule has 6 nitrogen and oxygen atoms in total. The molecule has 0 bridgehead atoms. The second-order valence-electron chi connectivity index (χ2n) is 7.18. The fraction of sp³-hybridized carbons (Fsp3) is 0.632. The molecular weight excluding hydrogens is 316 g/mol. The van der Waals surface area contributed by atoms with Gasteiger partial charge in [0.1, 0.15) is 0 Å². The molecule has 3 rings (SSSR count). The number of hydrogen-bond donors (Lipinski definition) is 2. The van der Waals surface area contributed by atoms with Crippen molar-refractivity contribution in [2.24, 2.45) is 5.92 Å². The van der Waals surface area contributed by atoms with Crippen LogP contribution in [0.5, 0.6) is 0 Å². The van der Waals surface area contributed by atoms with Gasteiger partial charge < -0.3 is 10.6 Å². The largest absolute Gasteiger partial charge is 0.355 e. The summed E-state index contributed by atoms with van der Waals surface area (Å²) in [7, 11) is 0. The molecule has 136 valence electrons. The first-order valence-electron chi connectivity index (χ1n) is 9.31. The summed E-state index contributed by atoms with van der Waals surface area (Å²) in [4.78, 5) is 31.4. The van der Waals surface area contributed by atoms with E-state index < -0.39 is 0 Å². The number of carbonyl (C=O) groups excluding carboxylic acids is 2. The van der Waals surface area contributed by atoms with Crippen LogP contribution in [0.25, 0.3) is 0 Å². The van der Waals surface area contributed by atoms with Gasteiger partial charge in [-0.05, 0) is 45.2 Å². The molecule has 1 saturated carbocycles. The van der Waals surface area contributed by atoms with E-state index in [1.807, 2.05) is 32.0 Å². The number of rotatable bonds is 6. The molecule has 1 aromatic heterocycles. The second kappa shape index (κ2) is 7.95. The SMILES string of the molecule is CCNC(=O)C1CC(NC(=O)C2CCC2)CN1Cc1cccc(C)n1. The number of aromatic nitrogens is 1. The molecule has 6 heteroatoms. The van der Waals surface area contributed by atoms with Gasteiger partial charge in [-0.15, -0.1) is 0 Å². The number of likely N-dealkylation sites (tertiary alicyclic amines) is 1. The van der Waals surface area contributed by atoms with Crippen LogP contribution in [0.1, 0.15) is 44.0 Å². The smallest absolute Gasteiger partial charge is 0.237 e. The zero-order chi connectivity index (χ0) is 17.8. The topological polar surface area (TPSA) is 74.3 Å². The second-order valence-corrected chi connectivity index (χ2v) is 7.18. The predicted molar refractivity (Wildman–Crippen MR) is 95.7 cm³/mol. The lowest BCUT2D eigenvalue weighted by Gasteiger charge is -2.26. The molecule has 2 fully saturated rings. The van der Waals surface area contributed by atoms with Gasteiger partial charge in [0, 0.05) is 37.3 Å². The van der Waals surface area contributed by atoms with Crippen LogP contribution in [0.15, 0.2) is 18.2 Å². The van der Waals surface area contributed by atoms with Gasteiger partial charge in [-0.3, -0.25) is 19.5 Å². The molecule has 1 aliphatic carbocycles. The quantitative estimate of drug-likeness (QED) is 0.818. The minimum Gasteiger partial charge on any atom is -0.355 e. The predicted octanol–water partition coefficient (Wildman–Crippen LogP) is 1.39. The van der Waals surface area contributed by atoms with Gasteiger partial charge in [0.25, 0.3) is 0 Å². The fourth-order valence-corrected chi connectivity index (χ4v) is 3.63. The number of nitrogens with zero attached hydrogens (tertiary/aromatic N) is 2. The zero-order valence-corrected chi connectivity index (χ0v) is 15.1. The Hall–Kier alpha value is -1.95. The number of hydrogen-bond acceptors (Lipinski definition) is 4. The van der Waals surface area contributed by atoms with Crippen LogP contribution in [0.2, 0.25) is 0 Å². The molecule has 2 atom stereocenters. The Labute approximate surface area is 149 Å². The standard InChI is InChI=1S/C19H28N4O2/c1-3-20-19(25)17-10-16(22-18(24)14-7-5-8-14)12-23(17)11-15-9-4-6-13(2)21-15/h4,6,9,14,16-17H,3,5,7-8,10-12H2,1-2H3,(H,20,25)(H,22,24). The van der Waals surface area contributed by atoms with Gasteiger partial charge in [-0.25, -0.2) is 0 Å². The Morgan fingerprint density at radius 2 is 2.08 bits per heavy atom. The normalized spacial score (nSPS) is 23.9. The van der Waals surface area contributed by atoms with E-state index in [0.29, 0.717) is 26.1 Å². The molecule has 25 heavy (non-hydrogen) atoms. The highest BCUT2D eigenvalue weighted by molar-refractivity contribution is 5.83. The lowest BCUT2D eigenvalue weighted by molar-refractivity contribution is -0.128. The van der Waals surface area contributed by atoms with Crippen LogP contribution in [-0.4, -0.2) is 46.9 Å². The van der Waals surface area contributed by atoms with Gasteiger partial charge in [-0.1, -0.05) is 12.5 Å². The highest BCUT2D eigenvalue weighted by atomic mass is 16.2. The number of nitrogens with one attached hydrogen (secondary N) is 2. The maximum Gasteiger partial charge on any atom is 0.237 e. The Morgan fingerprint density at radius 1 is 1.28 bits per heavy atom. The molecule has 2 aliphatic rings. The number of likely N-dealkylation sites (N-methyl/N-ethyl adjacent to an activating group) is 1. The maximum absolute atomic E-state index is 12.5. The van der Waals surface area contributed by atoms with Crippen LogP contribution in [-0.2, 0) is 16.1 Å². The highest BCUT2D eigenvalue weighted by Crippen LogP contribution is 2.27. The Balaban J connectivity index is 1.66. The summed E-state index contributed by atoms with van der Waals surface area (Å²) >= 11 is 0. The summed E-state index contributed by atoms with van der Waals surface area (Å²) in [5, 5.41) is 6.07. The number of aryl methyl sites for hydroxylation is 1. The van der Waals surface area contributed by atoms with Crippen molar-refractivity contribution < 1.29 is 9.59 Å². The van der Waals surface area contributed by atoms with E-state index in [-0.39, 0.29) is 29.8 Å². The molecule has 2 amide bonds. The lowest BCUT2D eigenvalue weighted by Crippen LogP contribution is -2.43. The summed E-state index contributed by atoms with van der Waals surface area (Å²) < 4.78 is 0. The van der Waals surface area contributed by atoms with Crippen molar-refractivity contribution in [3.05, 3.63) is 29.6 Å². The van der Waals surface area contributed by atoms with Crippen molar-refractivity contribution in [2.75, 3.05) is 13.1 Å². The number of carbonyl (C=O) groups is 2. The van der Waals surface area contributed by atoms with Crippen molar-refractivity contribution in [3.63, 3.8) is 0 Å². The molecule has 1 aliphatic heterocycles. The fourth-order valence-electron chi connectivity index (χ4n) is 3.63. The van der Waals surface area contributed by atoms with Crippen LogP contribution in [0.3, 0.4) is 0 Å². The third-order valence-corrected chi connectivity index (χ3v) is 5.19. The van der Waals surface area contributed by atoms with E-state index in [2.05, 4.69) is 20.5 Å². The average molecular weight is 344 g/mol. The first-order chi connectivity index (χ1) is 12.1. The Bertz CT molecular complexity index is 630. The summed E-state index contributed by atoms with van der Waals surface area (Å²) in [5.41, 5.74) is 1.93. The number of pyridine rings is 1. The number of amides is 2. The van der Waals surface area contributed by atoms with Crippen molar-refractivity contribution in [1.82, 2.24) is 20.5 Å². The van der Waals surface area contributed by atoms with E-state index >= 15 is 0 Å². The van der Waals surface area contributed by atoms with Crippen LogP contribution in [0.4, 0.5) is 0 Å². The van der Waals surface area contributed by atoms with Crippen LogP contribution >= 0.6 is 0 Å². The molecular formula is C19H28N4O2. The first-order valence-corrected chi connectivity index (χ1v) is 9.31. The molecule has 0 aromatic carbocycles. The molecule has 2 unspecified atom stereocenters. The molecule has 0 spiro atoms. The van der Waals surface area contributed by atoms with Crippen molar-refractivity contribution in [1.29, 1.82) is 0 Å². The maximum atomic E-state index is 12.5. The molecule has 1 saturated heterocycles. The van der Waals surface area contributed by atoms with Gasteiger partial charge in [0.2, 0.25) is 11.8 Å². The summed E-state index contributed by atoms with van der Waals surface area (Å²) in [6.07, 6.45) is 3.80. The molecule has 2 N–H and O–H groups in total. The van der Waals surface area contributed by atoms with Gasteiger partial charge in [0.15, 0.2) is 0 Å². The third-order valence-electron chi connectivity index (χ3n) is 5.19. The minimum absolute atomic E-state index is 0.0329. The van der Waals surface area contributed by atoms with Crippen molar-refractivity contribution >= 4 is 11.8 Å². The highest BCUT2D eigenvalue weighted by Gasteiger charge is 2.38. The Kier molecular flexibility index (Phi) is 5.68. The lowest BCUT2D eigenvalue weighted by atomic mass is 9.84. The molecule has 2 heterocycles. The first kappa shape index (κ1) is 17.9. The van der Waals surface area contributed by atoms with Gasteiger partial charge >= 0.3 is 0 Å². The summed E-state index contributed by atoms with van der Waals surface area (Å²) in [6.45, 7) is 5.83. The monoisotopic (exact) mass is 344 g/mol. The van der Waals surface area contributed by atoms with Crippen molar-refractivity contribution in [3.8, 4) is 0 Å². The van der Waals surface area contributed by atoms with Crippen LogP contribution < -0.4 is 10.6 Å². The average Bonchev–Trinajstić information content (AvgIpc) is 2.88. The summed E-state index contributed by atoms with van der Waals surface area (Å²) in [6, 6.07) is 5.77. The minimum atomic E-state index is -0.214. The van der Waals surface area contributed by atoms with E-state index in [1.165, 1.54) is 0 Å². The van der Waals surface area contributed by atoms with E-state index in [0.717, 1.165) is 30.7 Å². The Morgan fingerprint density at radius 3 is 2.72 bits per heavy atom. The van der Waals surface area contributed by atoms with Gasteiger partial charge in [0.05, 0.1) is 11.7 Å². The summed E-state index contributed by atoms with van der Waals surface area (Å²) in [5.74, 6) is 0.368. The zero-order valence-electron chi connectivity index (χ0n) is 15.1.